The van der Waals surface area contributed by atoms with Crippen LogP contribution >= 0.6 is 0 Å². The highest BCUT2D eigenvalue weighted by molar-refractivity contribution is 5.89. The van der Waals surface area contributed by atoms with Gasteiger partial charge in [-0.2, -0.15) is 0 Å². The summed E-state index contributed by atoms with van der Waals surface area (Å²) in [6.07, 6.45) is -4.09. The van der Waals surface area contributed by atoms with E-state index in [0.29, 0.717) is 12.1 Å². The van der Waals surface area contributed by atoms with Crippen molar-refractivity contribution in [3.05, 3.63) is 24.3 Å². The summed E-state index contributed by atoms with van der Waals surface area (Å²) in [6.45, 7) is 3.96. The number of rotatable bonds is 5. The van der Waals surface area contributed by atoms with Gasteiger partial charge in [0.2, 0.25) is 0 Å². The van der Waals surface area contributed by atoms with E-state index in [2.05, 4.69) is 15.4 Å². The second-order valence-corrected chi connectivity index (χ2v) is 4.77. The number of benzene rings is 1. The van der Waals surface area contributed by atoms with Gasteiger partial charge in [0, 0.05) is 12.2 Å². The summed E-state index contributed by atoms with van der Waals surface area (Å²) in [6, 6.07) is 4.38. The molecule has 0 radical (unpaired) electrons. The topological polar surface area (TPSA) is 76.4 Å². The number of urea groups is 1. The Balaban J connectivity index is 2.62. The first-order valence-electron chi connectivity index (χ1n) is 6.32. The molecule has 8 heteroatoms. The van der Waals surface area contributed by atoms with Crippen LogP contribution in [0.5, 0.6) is 5.75 Å². The molecule has 21 heavy (non-hydrogen) atoms. The molecule has 0 saturated carbocycles. The highest BCUT2D eigenvalue weighted by Gasteiger charge is 2.31. The minimum atomic E-state index is -4.74. The molecule has 1 aromatic carbocycles. The summed E-state index contributed by atoms with van der Waals surface area (Å²) in [5.74, 6) is -0.353. The van der Waals surface area contributed by atoms with Crippen molar-refractivity contribution in [3.63, 3.8) is 0 Å². The van der Waals surface area contributed by atoms with Crippen LogP contribution in [-0.2, 0) is 0 Å². The number of hydrogen-bond acceptors (Lipinski definition) is 3. The Hall–Kier alpha value is -1.96. The number of ether oxygens (including phenoxy) is 1. The molecule has 4 N–H and O–H groups in total. The van der Waals surface area contributed by atoms with Crippen LogP contribution in [0.25, 0.3) is 0 Å². The number of halogens is 3. The summed E-state index contributed by atoms with van der Waals surface area (Å²) < 4.78 is 39.7. The Bertz CT molecular complexity index is 471. The molecule has 2 amide bonds. The predicted molar refractivity (Wildman–Crippen MR) is 73.0 cm³/mol. The summed E-state index contributed by atoms with van der Waals surface area (Å²) >= 11 is 0. The first-order valence-corrected chi connectivity index (χ1v) is 6.32. The fraction of sp³-hybridized carbons (Fsp3) is 0.462. The monoisotopic (exact) mass is 305 g/mol. The SMILES string of the molecule is CCC(C)(CN)NC(=O)Nc1ccc(OC(F)(F)F)cc1. The van der Waals surface area contributed by atoms with Crippen molar-refractivity contribution in [1.82, 2.24) is 5.32 Å². The minimum Gasteiger partial charge on any atom is -0.406 e. The average molecular weight is 305 g/mol. The third-order valence-electron chi connectivity index (χ3n) is 2.99. The van der Waals surface area contributed by atoms with Gasteiger partial charge in [0.05, 0.1) is 5.54 Å². The first-order chi connectivity index (χ1) is 9.67. The molecule has 0 aliphatic heterocycles. The molecule has 0 aliphatic rings. The van der Waals surface area contributed by atoms with Crippen LogP contribution < -0.4 is 21.1 Å². The van der Waals surface area contributed by atoms with Crippen LogP contribution in [0, 0.1) is 0 Å². The Morgan fingerprint density at radius 1 is 1.29 bits per heavy atom. The van der Waals surface area contributed by atoms with E-state index < -0.39 is 17.9 Å². The molecule has 118 valence electrons. The Morgan fingerprint density at radius 2 is 1.86 bits per heavy atom. The maximum Gasteiger partial charge on any atom is 0.573 e. The van der Waals surface area contributed by atoms with E-state index in [9.17, 15) is 18.0 Å². The minimum absolute atomic E-state index is 0.273. The number of alkyl halides is 3. The molecule has 0 fully saturated rings. The summed E-state index contributed by atoms with van der Waals surface area (Å²) in [7, 11) is 0. The molecule has 5 nitrogen and oxygen atoms in total. The molecular weight excluding hydrogens is 287 g/mol. The Labute approximate surface area is 120 Å². The maximum absolute atomic E-state index is 12.0. The maximum atomic E-state index is 12.0. The van der Waals surface area contributed by atoms with E-state index in [4.69, 9.17) is 5.73 Å². The van der Waals surface area contributed by atoms with Crippen LogP contribution in [0.4, 0.5) is 23.7 Å². The zero-order chi connectivity index (χ0) is 16.1. The highest BCUT2D eigenvalue weighted by Crippen LogP contribution is 2.23. The van der Waals surface area contributed by atoms with E-state index in [0.717, 1.165) is 12.1 Å². The second kappa shape index (κ2) is 6.66. The fourth-order valence-corrected chi connectivity index (χ4v) is 1.46. The molecule has 1 rings (SSSR count). The van der Waals surface area contributed by atoms with Gasteiger partial charge in [-0.3, -0.25) is 0 Å². The van der Waals surface area contributed by atoms with Crippen molar-refractivity contribution in [3.8, 4) is 5.75 Å². The molecule has 0 bridgehead atoms. The van der Waals surface area contributed by atoms with Crippen molar-refractivity contribution in [1.29, 1.82) is 0 Å². The van der Waals surface area contributed by atoms with Gasteiger partial charge in [0.1, 0.15) is 5.75 Å². The van der Waals surface area contributed by atoms with Crippen LogP contribution in [0.2, 0.25) is 0 Å². The van der Waals surface area contributed by atoms with E-state index in [-0.39, 0.29) is 12.3 Å². The van der Waals surface area contributed by atoms with Gasteiger partial charge >= 0.3 is 12.4 Å². The van der Waals surface area contributed by atoms with Crippen molar-refractivity contribution in [2.24, 2.45) is 5.73 Å². The average Bonchev–Trinajstić information content (AvgIpc) is 2.39. The quantitative estimate of drug-likeness (QED) is 0.783. The van der Waals surface area contributed by atoms with E-state index in [1.165, 1.54) is 12.1 Å². The van der Waals surface area contributed by atoms with Gasteiger partial charge in [0.15, 0.2) is 0 Å². The van der Waals surface area contributed by atoms with Gasteiger partial charge in [-0.1, -0.05) is 6.92 Å². The molecule has 0 saturated heterocycles. The lowest BCUT2D eigenvalue weighted by atomic mass is 10.00. The zero-order valence-corrected chi connectivity index (χ0v) is 11.8. The van der Waals surface area contributed by atoms with Gasteiger partial charge < -0.3 is 21.1 Å². The lowest BCUT2D eigenvalue weighted by Crippen LogP contribution is -2.52. The van der Waals surface area contributed by atoms with Gasteiger partial charge in [-0.15, -0.1) is 13.2 Å². The number of amides is 2. The smallest absolute Gasteiger partial charge is 0.406 e. The van der Waals surface area contributed by atoms with Crippen molar-refractivity contribution in [2.45, 2.75) is 32.2 Å². The standard InChI is InChI=1S/C13H18F3N3O2/c1-3-12(2,8-17)19-11(20)18-9-4-6-10(7-5-9)21-13(14,15)16/h4-7H,3,8,17H2,1-2H3,(H2,18,19,20). The molecule has 0 aliphatic carbocycles. The lowest BCUT2D eigenvalue weighted by molar-refractivity contribution is -0.274. The molecule has 1 aromatic rings. The van der Waals surface area contributed by atoms with Crippen molar-refractivity contribution in [2.75, 3.05) is 11.9 Å². The molecule has 0 heterocycles. The third kappa shape index (κ3) is 5.90. The predicted octanol–water partition coefficient (Wildman–Crippen LogP) is 2.83. The Kier molecular flexibility index (Phi) is 5.42. The second-order valence-electron chi connectivity index (χ2n) is 4.77. The molecule has 1 unspecified atom stereocenters. The number of nitrogens with two attached hydrogens (primary N) is 1. The number of carbonyl (C=O) groups is 1. The molecule has 1 atom stereocenters. The van der Waals surface area contributed by atoms with Gasteiger partial charge in [0.25, 0.3) is 0 Å². The summed E-state index contributed by atoms with van der Waals surface area (Å²) in [4.78, 5) is 11.8. The zero-order valence-electron chi connectivity index (χ0n) is 11.8. The molecular formula is C13H18F3N3O2. The van der Waals surface area contributed by atoms with Crippen molar-refractivity contribution < 1.29 is 22.7 Å². The number of nitrogens with one attached hydrogen (secondary N) is 2. The van der Waals surface area contributed by atoms with Crippen LogP contribution in [-0.4, -0.2) is 24.5 Å². The summed E-state index contributed by atoms with van der Waals surface area (Å²) in [5.41, 5.74) is 5.38. The number of carbonyl (C=O) groups excluding carboxylic acids is 1. The van der Waals surface area contributed by atoms with Crippen LogP contribution in [0.1, 0.15) is 20.3 Å². The largest absolute Gasteiger partial charge is 0.573 e. The Morgan fingerprint density at radius 3 is 2.29 bits per heavy atom. The van der Waals surface area contributed by atoms with Crippen LogP contribution in [0.3, 0.4) is 0 Å². The van der Waals surface area contributed by atoms with Gasteiger partial charge in [-0.05, 0) is 37.6 Å². The normalized spacial score (nSPS) is 14.2. The van der Waals surface area contributed by atoms with Crippen LogP contribution in [0.15, 0.2) is 24.3 Å². The van der Waals surface area contributed by atoms with E-state index in [1.807, 2.05) is 6.92 Å². The van der Waals surface area contributed by atoms with E-state index >= 15 is 0 Å². The number of hydrogen-bond donors (Lipinski definition) is 3. The fourth-order valence-electron chi connectivity index (χ4n) is 1.46. The van der Waals surface area contributed by atoms with Crippen molar-refractivity contribution >= 4 is 11.7 Å². The summed E-state index contributed by atoms with van der Waals surface area (Å²) in [5, 5.41) is 5.22. The lowest BCUT2D eigenvalue weighted by Gasteiger charge is -2.27. The number of anilines is 1. The van der Waals surface area contributed by atoms with E-state index in [1.54, 1.807) is 6.92 Å². The third-order valence-corrected chi connectivity index (χ3v) is 2.99. The van der Waals surface area contributed by atoms with Gasteiger partial charge in [-0.25, -0.2) is 4.79 Å². The molecule has 0 aromatic heterocycles. The molecule has 0 spiro atoms. The first kappa shape index (κ1) is 17.1. The highest BCUT2D eigenvalue weighted by atomic mass is 19.4.